The van der Waals surface area contributed by atoms with Crippen molar-refractivity contribution in [3.05, 3.63) is 62.1 Å². The first kappa shape index (κ1) is 19.6. The van der Waals surface area contributed by atoms with E-state index in [1.165, 1.54) is 12.3 Å². The lowest BCUT2D eigenvalue weighted by molar-refractivity contribution is -0.116. The highest BCUT2D eigenvalue weighted by atomic mass is 35.5. The third kappa shape index (κ3) is 5.62. The molecule has 4 nitrogen and oxygen atoms in total. The first-order chi connectivity index (χ1) is 11.9. The fraction of sp³-hybridized carbons (Fsp3) is 0.118. The number of rotatable bonds is 5. The van der Waals surface area contributed by atoms with E-state index in [1.54, 1.807) is 30.3 Å². The van der Waals surface area contributed by atoms with Crippen molar-refractivity contribution in [3.8, 4) is 6.07 Å². The number of nitriles is 1. The highest BCUT2D eigenvalue weighted by Gasteiger charge is 2.16. The lowest BCUT2D eigenvalue weighted by atomic mass is 10.1. The molecule has 0 unspecified atom stereocenters. The van der Waals surface area contributed by atoms with Gasteiger partial charge in [0, 0.05) is 21.9 Å². The number of carbonyl (C=O) groups excluding carboxylic acids is 1. The third-order valence-corrected chi connectivity index (χ3v) is 4.48. The van der Waals surface area contributed by atoms with Gasteiger partial charge >= 0.3 is 0 Å². The molecule has 0 saturated heterocycles. The fourth-order valence-corrected chi connectivity index (χ4v) is 2.54. The molecule has 0 spiro atoms. The second-order valence-corrected chi connectivity index (χ2v) is 6.61. The van der Waals surface area contributed by atoms with E-state index in [2.05, 4.69) is 10.3 Å². The van der Waals surface area contributed by atoms with E-state index in [0.717, 1.165) is 0 Å². The van der Waals surface area contributed by atoms with E-state index in [0.29, 0.717) is 31.3 Å². The van der Waals surface area contributed by atoms with Crippen LogP contribution in [0.25, 0.3) is 0 Å². The molecule has 2 aromatic rings. The Balaban J connectivity index is 2.03. The molecule has 0 fully saturated rings. The highest BCUT2D eigenvalue weighted by Crippen LogP contribution is 2.25. The molecule has 0 aliphatic heterocycles. The van der Waals surface area contributed by atoms with Crippen molar-refractivity contribution < 1.29 is 4.79 Å². The normalized spacial score (nSPS) is 12.0. The summed E-state index contributed by atoms with van der Waals surface area (Å²) >= 11 is 23.7. The van der Waals surface area contributed by atoms with Gasteiger partial charge in [-0.05, 0) is 42.0 Å². The first-order valence-corrected chi connectivity index (χ1v) is 8.51. The zero-order valence-corrected chi connectivity index (χ0v) is 15.7. The summed E-state index contributed by atoms with van der Waals surface area (Å²) < 4.78 is 0. The molecule has 0 aliphatic carbocycles. The molecule has 1 N–H and O–H groups in total. The standard InChI is InChI=1S/C17H11Cl4N3O/c18-12-1-3-14(19)10(5-12)8-23-9-11(7-22)17(25)24-13-2-4-15(20)16(21)6-13/h1-6,9,11H,8H2,(H,24,25)/t11-/m1/s1. The minimum Gasteiger partial charge on any atom is -0.325 e. The molecule has 1 atom stereocenters. The largest absolute Gasteiger partial charge is 0.325 e. The predicted molar refractivity (Wildman–Crippen MR) is 103 cm³/mol. The fourth-order valence-electron chi connectivity index (χ4n) is 1.87. The van der Waals surface area contributed by atoms with Gasteiger partial charge in [0.05, 0.1) is 22.7 Å². The second-order valence-electron chi connectivity index (χ2n) is 4.95. The molecular weight excluding hydrogens is 404 g/mol. The maximum Gasteiger partial charge on any atom is 0.247 e. The second kappa shape index (κ2) is 9.07. The molecule has 128 valence electrons. The van der Waals surface area contributed by atoms with Crippen LogP contribution in [0.15, 0.2) is 41.4 Å². The Bertz CT molecular complexity index is 861. The summed E-state index contributed by atoms with van der Waals surface area (Å²) in [7, 11) is 0. The van der Waals surface area contributed by atoms with Crippen molar-refractivity contribution in [2.45, 2.75) is 6.54 Å². The zero-order valence-electron chi connectivity index (χ0n) is 12.6. The van der Waals surface area contributed by atoms with Crippen LogP contribution in [0.3, 0.4) is 0 Å². The van der Waals surface area contributed by atoms with Crippen LogP contribution in [0.2, 0.25) is 20.1 Å². The van der Waals surface area contributed by atoms with Crippen LogP contribution < -0.4 is 5.32 Å². The van der Waals surface area contributed by atoms with Crippen molar-refractivity contribution >= 4 is 64.2 Å². The van der Waals surface area contributed by atoms with E-state index in [-0.39, 0.29) is 6.54 Å². The number of amides is 1. The van der Waals surface area contributed by atoms with Crippen LogP contribution in [0.1, 0.15) is 5.56 Å². The number of nitrogens with one attached hydrogen (secondary N) is 1. The zero-order chi connectivity index (χ0) is 18.4. The minimum absolute atomic E-state index is 0.206. The minimum atomic E-state index is -1.06. The summed E-state index contributed by atoms with van der Waals surface area (Å²) in [6.45, 7) is 0.206. The molecule has 0 saturated carbocycles. The molecule has 0 bridgehead atoms. The average molecular weight is 415 g/mol. The van der Waals surface area contributed by atoms with Crippen molar-refractivity contribution in [2.24, 2.45) is 10.9 Å². The van der Waals surface area contributed by atoms with Crippen LogP contribution in [0.5, 0.6) is 0 Å². The summed E-state index contributed by atoms with van der Waals surface area (Å²) in [6.07, 6.45) is 1.27. The molecule has 2 rings (SSSR count). The van der Waals surface area contributed by atoms with Gasteiger partial charge in [-0.3, -0.25) is 9.79 Å². The lowest BCUT2D eigenvalue weighted by Crippen LogP contribution is -2.22. The van der Waals surface area contributed by atoms with Crippen molar-refractivity contribution in [2.75, 3.05) is 5.32 Å². The molecule has 25 heavy (non-hydrogen) atoms. The summed E-state index contributed by atoms with van der Waals surface area (Å²) in [5, 5.41) is 13.5. The van der Waals surface area contributed by atoms with Gasteiger partial charge in [-0.15, -0.1) is 0 Å². The Morgan fingerprint density at radius 1 is 1.12 bits per heavy atom. The number of halogens is 4. The summed E-state index contributed by atoms with van der Waals surface area (Å²) in [6, 6.07) is 11.5. The highest BCUT2D eigenvalue weighted by molar-refractivity contribution is 6.42. The van der Waals surface area contributed by atoms with Crippen molar-refractivity contribution in [1.82, 2.24) is 0 Å². The molecule has 0 heterocycles. The summed E-state index contributed by atoms with van der Waals surface area (Å²) in [5.74, 6) is -1.59. The Kier molecular flexibility index (Phi) is 7.10. The Morgan fingerprint density at radius 2 is 1.84 bits per heavy atom. The van der Waals surface area contributed by atoms with Crippen LogP contribution in [0, 0.1) is 17.2 Å². The van der Waals surface area contributed by atoms with E-state index < -0.39 is 11.8 Å². The van der Waals surface area contributed by atoms with Crippen molar-refractivity contribution in [3.63, 3.8) is 0 Å². The lowest BCUT2D eigenvalue weighted by Gasteiger charge is -2.08. The van der Waals surface area contributed by atoms with E-state index in [4.69, 9.17) is 46.4 Å². The van der Waals surface area contributed by atoms with Gasteiger partial charge in [0.1, 0.15) is 0 Å². The molecule has 1 amide bonds. The number of nitrogens with zero attached hydrogens (tertiary/aromatic N) is 2. The molecule has 8 heteroatoms. The number of carbonyl (C=O) groups is 1. The van der Waals surface area contributed by atoms with Gasteiger partial charge in [-0.25, -0.2) is 0 Å². The van der Waals surface area contributed by atoms with E-state index in [1.807, 2.05) is 6.07 Å². The Morgan fingerprint density at radius 3 is 2.52 bits per heavy atom. The summed E-state index contributed by atoms with van der Waals surface area (Å²) in [5.41, 5.74) is 1.14. The molecule has 0 radical (unpaired) electrons. The van der Waals surface area contributed by atoms with Crippen LogP contribution in [0.4, 0.5) is 5.69 Å². The van der Waals surface area contributed by atoms with Gasteiger partial charge in [-0.1, -0.05) is 46.4 Å². The predicted octanol–water partition coefficient (Wildman–Crippen LogP) is 5.65. The maximum absolute atomic E-state index is 12.2. The maximum atomic E-state index is 12.2. The average Bonchev–Trinajstić information content (AvgIpc) is 2.58. The third-order valence-electron chi connectivity index (χ3n) is 3.13. The SMILES string of the molecule is N#C[C@H](C=NCc1cc(Cl)ccc1Cl)C(=O)Nc1ccc(Cl)c(Cl)c1. The van der Waals surface area contributed by atoms with Crippen molar-refractivity contribution in [1.29, 1.82) is 5.26 Å². The quantitative estimate of drug-likeness (QED) is 0.642. The Labute approximate surface area is 165 Å². The van der Waals surface area contributed by atoms with Crippen LogP contribution in [-0.2, 0) is 11.3 Å². The number of hydrogen-bond donors (Lipinski definition) is 1. The van der Waals surface area contributed by atoms with E-state index in [9.17, 15) is 10.1 Å². The molecule has 2 aromatic carbocycles. The van der Waals surface area contributed by atoms with Crippen LogP contribution >= 0.6 is 46.4 Å². The van der Waals surface area contributed by atoms with Crippen LogP contribution in [-0.4, -0.2) is 12.1 Å². The van der Waals surface area contributed by atoms with Gasteiger partial charge in [-0.2, -0.15) is 5.26 Å². The number of anilines is 1. The topological polar surface area (TPSA) is 65.2 Å². The smallest absolute Gasteiger partial charge is 0.247 e. The van der Waals surface area contributed by atoms with Gasteiger partial charge in [0.2, 0.25) is 5.91 Å². The molecule has 0 aromatic heterocycles. The number of hydrogen-bond acceptors (Lipinski definition) is 3. The Hall–Kier alpha value is -1.77. The number of aliphatic imine (C=N–C) groups is 1. The van der Waals surface area contributed by atoms with Gasteiger partial charge < -0.3 is 5.32 Å². The van der Waals surface area contributed by atoms with Gasteiger partial charge in [0.15, 0.2) is 5.92 Å². The van der Waals surface area contributed by atoms with E-state index >= 15 is 0 Å². The number of benzene rings is 2. The monoisotopic (exact) mass is 413 g/mol. The molecular formula is C17H11Cl4N3O. The molecule has 0 aliphatic rings. The van der Waals surface area contributed by atoms with Gasteiger partial charge in [0.25, 0.3) is 0 Å². The summed E-state index contributed by atoms with van der Waals surface area (Å²) in [4.78, 5) is 16.3. The first-order valence-electron chi connectivity index (χ1n) is 7.00.